The average Bonchev–Trinajstić information content (AvgIpc) is 3.38. The smallest absolute Gasteiger partial charge is 0.255 e. The average molecular weight is 397 g/mol. The van der Waals surface area contributed by atoms with Crippen molar-refractivity contribution in [3.05, 3.63) is 65.2 Å². The predicted molar refractivity (Wildman–Crippen MR) is 110 cm³/mol. The van der Waals surface area contributed by atoms with Crippen LogP contribution in [-0.2, 0) is 0 Å². The fraction of sp³-hybridized carbons (Fsp3) is 0.238. The van der Waals surface area contributed by atoms with E-state index in [0.29, 0.717) is 22.9 Å². The molecule has 2 heterocycles. The van der Waals surface area contributed by atoms with Gasteiger partial charge in [-0.1, -0.05) is 35.9 Å². The topological polar surface area (TPSA) is 70.2 Å². The molecule has 0 unspecified atom stereocenters. The van der Waals surface area contributed by atoms with Gasteiger partial charge in [0.15, 0.2) is 5.82 Å². The van der Waals surface area contributed by atoms with E-state index in [2.05, 4.69) is 20.4 Å². The molecular weight excluding hydrogens is 376 g/mol. The third-order valence-corrected chi connectivity index (χ3v) is 5.17. The summed E-state index contributed by atoms with van der Waals surface area (Å²) in [5.74, 6) is 1.34. The molecule has 1 aliphatic heterocycles. The second-order valence-corrected chi connectivity index (χ2v) is 7.19. The first-order valence-corrected chi connectivity index (χ1v) is 9.52. The van der Waals surface area contributed by atoms with E-state index >= 15 is 0 Å². The standard InChI is InChI=1S/C21H21ClN4O2/c1-28-19-5-3-2-4-17(19)21(27)23-16-10-11-26(13-16)20-12-18(24-25-20)14-6-8-15(22)9-7-14/h2-9,12,16H,10-11,13H2,1H3,(H,23,27)(H,24,25)/t16-/m1/s1. The Morgan fingerprint density at radius 1 is 1.25 bits per heavy atom. The zero-order valence-corrected chi connectivity index (χ0v) is 16.2. The molecule has 2 N–H and O–H groups in total. The minimum absolute atomic E-state index is 0.0631. The Balaban J connectivity index is 1.40. The highest BCUT2D eigenvalue weighted by Crippen LogP contribution is 2.26. The Morgan fingerprint density at radius 2 is 2.04 bits per heavy atom. The van der Waals surface area contributed by atoms with Crippen LogP contribution in [0, 0.1) is 0 Å². The second kappa shape index (κ2) is 7.94. The van der Waals surface area contributed by atoms with Gasteiger partial charge in [-0.05, 0) is 36.2 Å². The summed E-state index contributed by atoms with van der Waals surface area (Å²) in [7, 11) is 1.57. The number of nitrogens with zero attached hydrogens (tertiary/aromatic N) is 2. The zero-order chi connectivity index (χ0) is 19.5. The van der Waals surface area contributed by atoms with Gasteiger partial charge in [0.1, 0.15) is 5.75 Å². The number of aromatic nitrogens is 2. The molecule has 1 aliphatic rings. The van der Waals surface area contributed by atoms with Gasteiger partial charge in [-0.2, -0.15) is 5.10 Å². The van der Waals surface area contributed by atoms with Gasteiger partial charge in [0.2, 0.25) is 0 Å². The highest BCUT2D eigenvalue weighted by Gasteiger charge is 2.26. The Hall–Kier alpha value is -2.99. The first kappa shape index (κ1) is 18.4. The van der Waals surface area contributed by atoms with Crippen LogP contribution >= 0.6 is 11.6 Å². The van der Waals surface area contributed by atoms with E-state index < -0.39 is 0 Å². The molecule has 0 spiro atoms. The fourth-order valence-electron chi connectivity index (χ4n) is 3.43. The van der Waals surface area contributed by atoms with E-state index in [1.165, 1.54) is 0 Å². The van der Waals surface area contributed by atoms with Gasteiger partial charge in [-0.3, -0.25) is 9.89 Å². The van der Waals surface area contributed by atoms with Gasteiger partial charge in [-0.25, -0.2) is 0 Å². The van der Waals surface area contributed by atoms with E-state index in [1.807, 2.05) is 42.5 Å². The van der Waals surface area contributed by atoms with Crippen molar-refractivity contribution in [2.24, 2.45) is 0 Å². The highest BCUT2D eigenvalue weighted by atomic mass is 35.5. The lowest BCUT2D eigenvalue weighted by Crippen LogP contribution is -2.37. The number of methoxy groups -OCH3 is 1. The molecule has 0 saturated carbocycles. The van der Waals surface area contributed by atoms with Crippen molar-refractivity contribution < 1.29 is 9.53 Å². The summed E-state index contributed by atoms with van der Waals surface area (Å²) in [5, 5.41) is 11.3. The van der Waals surface area contributed by atoms with E-state index in [9.17, 15) is 4.79 Å². The van der Waals surface area contributed by atoms with Crippen molar-refractivity contribution >= 4 is 23.3 Å². The van der Waals surface area contributed by atoms with Gasteiger partial charge in [-0.15, -0.1) is 0 Å². The number of carbonyl (C=O) groups excluding carboxylic acids is 1. The van der Waals surface area contributed by atoms with Gasteiger partial charge in [0.05, 0.1) is 18.4 Å². The van der Waals surface area contributed by atoms with E-state index in [4.69, 9.17) is 16.3 Å². The van der Waals surface area contributed by atoms with E-state index in [0.717, 1.165) is 30.0 Å². The molecule has 6 nitrogen and oxygen atoms in total. The van der Waals surface area contributed by atoms with Gasteiger partial charge >= 0.3 is 0 Å². The van der Waals surface area contributed by atoms with Crippen LogP contribution in [-0.4, -0.2) is 42.3 Å². The molecule has 28 heavy (non-hydrogen) atoms. The molecule has 1 saturated heterocycles. The number of para-hydroxylation sites is 1. The number of aromatic amines is 1. The Bertz CT molecular complexity index is 971. The summed E-state index contributed by atoms with van der Waals surface area (Å²) in [5.41, 5.74) is 2.52. The number of hydrogen-bond acceptors (Lipinski definition) is 4. The summed E-state index contributed by atoms with van der Waals surface area (Å²) < 4.78 is 5.28. The third-order valence-electron chi connectivity index (χ3n) is 4.92. The normalized spacial score (nSPS) is 16.2. The van der Waals surface area contributed by atoms with Crippen LogP contribution in [0.4, 0.5) is 5.82 Å². The molecule has 4 rings (SSSR count). The minimum Gasteiger partial charge on any atom is -0.496 e. The third kappa shape index (κ3) is 3.82. The monoisotopic (exact) mass is 396 g/mol. The maximum Gasteiger partial charge on any atom is 0.255 e. The summed E-state index contributed by atoms with van der Waals surface area (Å²) in [4.78, 5) is 14.8. The van der Waals surface area contributed by atoms with Crippen molar-refractivity contribution in [2.75, 3.05) is 25.1 Å². The van der Waals surface area contributed by atoms with Crippen LogP contribution in [0.15, 0.2) is 54.6 Å². The number of ether oxygens (including phenoxy) is 1. The van der Waals surface area contributed by atoms with Crippen molar-refractivity contribution in [1.29, 1.82) is 0 Å². The van der Waals surface area contributed by atoms with Gasteiger partial charge in [0.25, 0.3) is 5.91 Å². The van der Waals surface area contributed by atoms with Crippen LogP contribution < -0.4 is 15.0 Å². The van der Waals surface area contributed by atoms with Crippen molar-refractivity contribution in [3.63, 3.8) is 0 Å². The molecule has 144 valence electrons. The lowest BCUT2D eigenvalue weighted by Gasteiger charge is -2.16. The SMILES string of the molecule is COc1ccccc1C(=O)N[C@@H]1CCN(c2cc(-c3ccc(Cl)cc3)[nH]n2)C1. The maximum atomic E-state index is 12.6. The van der Waals surface area contributed by atoms with Gasteiger partial charge in [0, 0.05) is 30.2 Å². The molecular formula is C21H21ClN4O2. The van der Waals surface area contributed by atoms with Crippen LogP contribution in [0.1, 0.15) is 16.8 Å². The van der Waals surface area contributed by atoms with Crippen molar-refractivity contribution in [2.45, 2.75) is 12.5 Å². The molecule has 2 aromatic carbocycles. The second-order valence-electron chi connectivity index (χ2n) is 6.75. The molecule has 0 radical (unpaired) electrons. The molecule has 3 aromatic rings. The maximum absolute atomic E-state index is 12.6. The number of nitrogens with one attached hydrogen (secondary N) is 2. The van der Waals surface area contributed by atoms with Gasteiger partial charge < -0.3 is 15.0 Å². The quantitative estimate of drug-likeness (QED) is 0.689. The number of carbonyl (C=O) groups is 1. The fourth-order valence-corrected chi connectivity index (χ4v) is 3.56. The van der Waals surface area contributed by atoms with Crippen LogP contribution in [0.3, 0.4) is 0 Å². The lowest BCUT2D eigenvalue weighted by molar-refractivity contribution is 0.0937. The Kier molecular flexibility index (Phi) is 5.21. The molecule has 7 heteroatoms. The van der Waals surface area contributed by atoms with E-state index in [-0.39, 0.29) is 11.9 Å². The lowest BCUT2D eigenvalue weighted by atomic mass is 10.1. The van der Waals surface area contributed by atoms with Crippen LogP contribution in [0.5, 0.6) is 5.75 Å². The van der Waals surface area contributed by atoms with Crippen LogP contribution in [0.2, 0.25) is 5.02 Å². The van der Waals surface area contributed by atoms with E-state index in [1.54, 1.807) is 19.2 Å². The first-order valence-electron chi connectivity index (χ1n) is 9.14. The predicted octanol–water partition coefficient (Wildman–Crippen LogP) is 3.75. The summed E-state index contributed by atoms with van der Waals surface area (Å²) >= 11 is 5.95. The zero-order valence-electron chi connectivity index (χ0n) is 15.5. The number of hydrogen-bond donors (Lipinski definition) is 2. The number of benzene rings is 2. The first-order chi connectivity index (χ1) is 13.6. The Labute approximate surface area is 168 Å². The summed E-state index contributed by atoms with van der Waals surface area (Å²) in [6, 6.07) is 17.0. The molecule has 0 aliphatic carbocycles. The minimum atomic E-state index is -0.117. The largest absolute Gasteiger partial charge is 0.496 e. The molecule has 1 aromatic heterocycles. The number of halogens is 1. The van der Waals surface area contributed by atoms with Crippen LogP contribution in [0.25, 0.3) is 11.3 Å². The number of rotatable bonds is 5. The highest BCUT2D eigenvalue weighted by molar-refractivity contribution is 6.30. The molecule has 1 fully saturated rings. The summed E-state index contributed by atoms with van der Waals surface area (Å²) in [6.45, 7) is 1.55. The Morgan fingerprint density at radius 3 is 2.82 bits per heavy atom. The number of H-pyrrole nitrogens is 1. The molecule has 1 atom stereocenters. The van der Waals surface area contributed by atoms with Crippen molar-refractivity contribution in [1.82, 2.24) is 15.5 Å². The van der Waals surface area contributed by atoms with Crippen molar-refractivity contribution in [3.8, 4) is 17.0 Å². The summed E-state index contributed by atoms with van der Waals surface area (Å²) in [6.07, 6.45) is 0.865. The number of amides is 1. The number of anilines is 1. The molecule has 1 amide bonds. The molecule has 0 bridgehead atoms.